The molecular weight excluding hydrogens is 118 g/mol. The van der Waals surface area contributed by atoms with Crippen LogP contribution in [0.5, 0.6) is 0 Å². The summed E-state index contributed by atoms with van der Waals surface area (Å²) in [6, 6.07) is 0. The fourth-order valence-electron chi connectivity index (χ4n) is 0.855. The zero-order valence-corrected chi connectivity index (χ0v) is 5.66. The normalized spacial score (nSPS) is 26.8. The second-order valence-corrected chi connectivity index (χ2v) is 2.16. The molecule has 0 radical (unpaired) electrons. The molecule has 0 bridgehead atoms. The molecule has 1 aliphatic heterocycles. The van der Waals surface area contributed by atoms with E-state index < -0.39 is 0 Å². The molecule has 0 aromatic heterocycles. The molecule has 1 rings (SSSR count). The molecule has 1 heterocycles. The van der Waals surface area contributed by atoms with Gasteiger partial charge in [-0.05, 0) is 6.92 Å². The van der Waals surface area contributed by atoms with Gasteiger partial charge in [0.05, 0.1) is 6.61 Å². The summed E-state index contributed by atoms with van der Waals surface area (Å²) in [5.41, 5.74) is 0.928. The number of aliphatic hydroxyl groups is 1. The molecule has 0 fully saturated rings. The summed E-state index contributed by atoms with van der Waals surface area (Å²) in [5, 5.41) is 10.3. The zero-order valence-electron chi connectivity index (χ0n) is 5.66. The predicted molar refractivity (Wildman–Crippen MR) is 33.5 cm³/mol. The van der Waals surface area contributed by atoms with Gasteiger partial charge >= 0.3 is 0 Å². The van der Waals surface area contributed by atoms with Gasteiger partial charge in [-0.2, -0.15) is 0 Å². The number of rotatable bonds is 1. The quantitative estimate of drug-likeness (QED) is 0.546. The number of nitrogens with zero attached hydrogens (tertiary/aromatic N) is 1. The molecule has 0 saturated heterocycles. The Morgan fingerprint density at radius 3 is 2.78 bits per heavy atom. The van der Waals surface area contributed by atoms with E-state index in [1.54, 1.807) is 18.3 Å². The maximum absolute atomic E-state index is 8.68. The fourth-order valence-corrected chi connectivity index (χ4v) is 0.855. The number of hydrogen-bond acceptors (Lipinski definition) is 3. The molecule has 9 heavy (non-hydrogen) atoms. The van der Waals surface area contributed by atoms with E-state index in [9.17, 15) is 0 Å². The van der Waals surface area contributed by atoms with Crippen LogP contribution in [-0.4, -0.2) is 29.9 Å². The van der Waals surface area contributed by atoms with E-state index in [4.69, 9.17) is 9.94 Å². The third-order valence-corrected chi connectivity index (χ3v) is 1.38. The second-order valence-electron chi connectivity index (χ2n) is 2.16. The predicted octanol–water partition coefficient (Wildman–Crippen LogP) is 0.128. The molecule has 3 heteroatoms. The van der Waals surface area contributed by atoms with Gasteiger partial charge in [0.2, 0.25) is 0 Å². The van der Waals surface area contributed by atoms with Crippen molar-refractivity contribution in [2.75, 3.05) is 13.7 Å². The molecule has 1 N–H and O–H groups in total. The standard InChI is InChI=1S/C6H11NO2/c1-5-6(4-8)3-7(2)9-5/h3,5,8H,4H2,1-2H3. The van der Waals surface area contributed by atoms with E-state index in [1.807, 2.05) is 6.92 Å². The second kappa shape index (κ2) is 2.37. The summed E-state index contributed by atoms with van der Waals surface area (Å²) in [7, 11) is 1.80. The van der Waals surface area contributed by atoms with Crippen LogP contribution in [0.25, 0.3) is 0 Å². The highest BCUT2D eigenvalue weighted by Gasteiger charge is 2.17. The monoisotopic (exact) mass is 129 g/mol. The molecule has 52 valence electrons. The zero-order chi connectivity index (χ0) is 6.85. The van der Waals surface area contributed by atoms with Crippen LogP contribution in [0.2, 0.25) is 0 Å². The molecule has 0 saturated carbocycles. The molecule has 0 spiro atoms. The largest absolute Gasteiger partial charge is 0.392 e. The topological polar surface area (TPSA) is 32.7 Å². The van der Waals surface area contributed by atoms with Crippen LogP contribution in [0.4, 0.5) is 0 Å². The molecule has 0 amide bonds. The average Bonchev–Trinajstić information content (AvgIpc) is 2.10. The number of hydroxylamine groups is 2. The molecule has 0 aromatic rings. The Labute approximate surface area is 54.5 Å². The van der Waals surface area contributed by atoms with E-state index in [-0.39, 0.29) is 12.7 Å². The average molecular weight is 129 g/mol. The lowest BCUT2D eigenvalue weighted by Gasteiger charge is -2.08. The van der Waals surface area contributed by atoms with Gasteiger partial charge in [0, 0.05) is 18.8 Å². The van der Waals surface area contributed by atoms with Gasteiger partial charge in [-0.1, -0.05) is 0 Å². The van der Waals surface area contributed by atoms with E-state index in [0.29, 0.717) is 0 Å². The molecule has 1 aliphatic rings. The molecule has 3 nitrogen and oxygen atoms in total. The Bertz CT molecular complexity index is 133. The van der Waals surface area contributed by atoms with Crippen LogP contribution in [0, 0.1) is 0 Å². The van der Waals surface area contributed by atoms with Crippen molar-refractivity contribution in [1.82, 2.24) is 5.06 Å². The maximum atomic E-state index is 8.68. The fraction of sp³-hybridized carbons (Fsp3) is 0.667. The highest BCUT2D eigenvalue weighted by atomic mass is 16.7. The first-order valence-corrected chi connectivity index (χ1v) is 2.95. The summed E-state index contributed by atoms with van der Waals surface area (Å²) in [6.45, 7) is 2.00. The molecular formula is C6H11NO2. The van der Waals surface area contributed by atoms with Gasteiger partial charge in [-0.15, -0.1) is 0 Å². The van der Waals surface area contributed by atoms with Crippen LogP contribution in [0.3, 0.4) is 0 Å². The van der Waals surface area contributed by atoms with Crippen molar-refractivity contribution in [3.8, 4) is 0 Å². The van der Waals surface area contributed by atoms with Crippen molar-refractivity contribution in [3.05, 3.63) is 11.8 Å². The van der Waals surface area contributed by atoms with Crippen LogP contribution < -0.4 is 0 Å². The lowest BCUT2D eigenvalue weighted by Crippen LogP contribution is -2.12. The lowest BCUT2D eigenvalue weighted by molar-refractivity contribution is -0.106. The minimum Gasteiger partial charge on any atom is -0.392 e. The van der Waals surface area contributed by atoms with Crippen molar-refractivity contribution < 1.29 is 9.94 Å². The summed E-state index contributed by atoms with van der Waals surface area (Å²) in [6.07, 6.45) is 1.84. The van der Waals surface area contributed by atoms with Crippen LogP contribution >= 0.6 is 0 Å². The summed E-state index contributed by atoms with van der Waals surface area (Å²) >= 11 is 0. The molecule has 0 aliphatic carbocycles. The minimum atomic E-state index is 0.0417. The van der Waals surface area contributed by atoms with E-state index >= 15 is 0 Å². The van der Waals surface area contributed by atoms with E-state index in [0.717, 1.165) is 5.57 Å². The molecule has 0 aromatic carbocycles. The van der Waals surface area contributed by atoms with Crippen molar-refractivity contribution in [2.45, 2.75) is 13.0 Å². The Kier molecular flexibility index (Phi) is 1.73. The van der Waals surface area contributed by atoms with Crippen LogP contribution in [-0.2, 0) is 4.84 Å². The third kappa shape index (κ3) is 1.23. The summed E-state index contributed by atoms with van der Waals surface area (Å²) < 4.78 is 0. The summed E-state index contributed by atoms with van der Waals surface area (Å²) in [5.74, 6) is 0. The highest BCUT2D eigenvalue weighted by Crippen LogP contribution is 2.15. The Hall–Kier alpha value is -0.540. The van der Waals surface area contributed by atoms with Gasteiger partial charge in [0.15, 0.2) is 0 Å². The van der Waals surface area contributed by atoms with Gasteiger partial charge in [0.1, 0.15) is 6.10 Å². The first-order valence-electron chi connectivity index (χ1n) is 2.95. The summed E-state index contributed by atoms with van der Waals surface area (Å²) in [4.78, 5) is 5.15. The minimum absolute atomic E-state index is 0.0417. The Morgan fingerprint density at radius 2 is 2.56 bits per heavy atom. The van der Waals surface area contributed by atoms with Crippen molar-refractivity contribution in [3.63, 3.8) is 0 Å². The van der Waals surface area contributed by atoms with Gasteiger partial charge in [-0.3, -0.25) is 9.90 Å². The van der Waals surface area contributed by atoms with Gasteiger partial charge in [-0.25, -0.2) is 0 Å². The Morgan fingerprint density at radius 1 is 1.89 bits per heavy atom. The highest BCUT2D eigenvalue weighted by molar-refractivity contribution is 5.08. The van der Waals surface area contributed by atoms with Crippen molar-refractivity contribution in [1.29, 1.82) is 0 Å². The van der Waals surface area contributed by atoms with Crippen LogP contribution in [0.1, 0.15) is 6.92 Å². The molecule has 1 atom stereocenters. The molecule has 1 unspecified atom stereocenters. The SMILES string of the molecule is CC1ON(C)C=C1CO. The maximum Gasteiger partial charge on any atom is 0.108 e. The van der Waals surface area contributed by atoms with Gasteiger partial charge < -0.3 is 5.11 Å². The number of aliphatic hydroxyl groups excluding tert-OH is 1. The van der Waals surface area contributed by atoms with Gasteiger partial charge in [0.25, 0.3) is 0 Å². The van der Waals surface area contributed by atoms with Crippen molar-refractivity contribution in [2.24, 2.45) is 0 Å². The van der Waals surface area contributed by atoms with Crippen molar-refractivity contribution >= 4 is 0 Å². The first-order chi connectivity index (χ1) is 4.24. The van der Waals surface area contributed by atoms with E-state index in [2.05, 4.69) is 0 Å². The van der Waals surface area contributed by atoms with Crippen LogP contribution in [0.15, 0.2) is 11.8 Å². The van der Waals surface area contributed by atoms with E-state index in [1.165, 1.54) is 0 Å². The lowest BCUT2D eigenvalue weighted by atomic mass is 10.2. The first kappa shape index (κ1) is 6.58. The number of hydrogen-bond donors (Lipinski definition) is 1. The third-order valence-electron chi connectivity index (χ3n) is 1.38. The smallest absolute Gasteiger partial charge is 0.108 e. The Balaban J connectivity index is 2.57.